The number of aromatic nitrogens is 6. The van der Waals surface area contributed by atoms with Crippen LogP contribution in [-0.4, -0.2) is 48.1 Å². The number of carbonyl (C=O) groups excluding carboxylic acids is 2. The number of hydrogen-bond acceptors (Lipinski definition) is 8. The number of nitrogens with one attached hydrogen (secondary N) is 3. The predicted molar refractivity (Wildman–Crippen MR) is 118 cm³/mol. The monoisotopic (exact) mass is 435 g/mol. The lowest BCUT2D eigenvalue weighted by atomic mass is 10.2. The molecule has 0 atom stereocenters. The zero-order valence-corrected chi connectivity index (χ0v) is 18.2. The Morgan fingerprint density at radius 3 is 2.56 bits per heavy atom. The van der Waals surface area contributed by atoms with E-state index in [2.05, 4.69) is 41.0 Å². The molecule has 0 bridgehead atoms. The first kappa shape index (κ1) is 21.3. The Morgan fingerprint density at radius 2 is 1.88 bits per heavy atom. The molecular weight excluding hydrogens is 410 g/mol. The van der Waals surface area contributed by atoms with E-state index in [0.29, 0.717) is 29.8 Å². The molecule has 0 spiro atoms. The predicted octanol–water partition coefficient (Wildman–Crippen LogP) is 2.26. The minimum absolute atomic E-state index is 0.121. The lowest BCUT2D eigenvalue weighted by Gasteiger charge is -2.13. The van der Waals surface area contributed by atoms with Gasteiger partial charge in [0.25, 0.3) is 11.8 Å². The summed E-state index contributed by atoms with van der Waals surface area (Å²) in [6.07, 6.45) is 9.73. The highest BCUT2D eigenvalue weighted by molar-refractivity contribution is 6.09. The van der Waals surface area contributed by atoms with Gasteiger partial charge in [-0.2, -0.15) is 5.10 Å². The van der Waals surface area contributed by atoms with Crippen LogP contribution in [0.1, 0.15) is 59.3 Å². The zero-order valence-electron chi connectivity index (χ0n) is 18.2. The van der Waals surface area contributed by atoms with Crippen LogP contribution >= 0.6 is 0 Å². The molecule has 11 heteroatoms. The summed E-state index contributed by atoms with van der Waals surface area (Å²) in [6, 6.07) is 0. The molecule has 1 saturated carbocycles. The van der Waals surface area contributed by atoms with Gasteiger partial charge >= 0.3 is 0 Å². The maximum absolute atomic E-state index is 13.2. The third-order valence-electron chi connectivity index (χ3n) is 4.90. The first-order chi connectivity index (χ1) is 15.4. The normalized spacial score (nSPS) is 13.1. The number of nitrogens with zero attached hydrogens (tertiary/aromatic N) is 6. The summed E-state index contributed by atoms with van der Waals surface area (Å²) >= 11 is 0. The van der Waals surface area contributed by atoms with Crippen LogP contribution < -0.4 is 16.0 Å². The summed E-state index contributed by atoms with van der Waals surface area (Å²) in [7, 11) is 1.65. The number of anilines is 3. The van der Waals surface area contributed by atoms with Crippen molar-refractivity contribution in [2.75, 3.05) is 17.2 Å². The van der Waals surface area contributed by atoms with E-state index in [0.717, 1.165) is 18.5 Å². The van der Waals surface area contributed by atoms with Gasteiger partial charge in [-0.25, -0.2) is 19.9 Å². The molecular formula is C21H25N9O2. The number of amides is 2. The van der Waals surface area contributed by atoms with E-state index < -0.39 is 5.91 Å². The molecule has 3 heterocycles. The fourth-order valence-corrected chi connectivity index (χ4v) is 3.09. The summed E-state index contributed by atoms with van der Waals surface area (Å²) in [5.41, 5.74) is 2.02. The molecule has 4 rings (SSSR count). The van der Waals surface area contributed by atoms with Gasteiger partial charge in [0, 0.05) is 19.5 Å². The fourth-order valence-electron chi connectivity index (χ4n) is 3.09. The molecule has 0 radical (unpaired) electrons. The van der Waals surface area contributed by atoms with Crippen molar-refractivity contribution in [2.45, 2.75) is 32.6 Å². The Bertz CT molecular complexity index is 1120. The van der Waals surface area contributed by atoms with Gasteiger partial charge in [0.15, 0.2) is 11.5 Å². The van der Waals surface area contributed by atoms with Gasteiger partial charge < -0.3 is 16.0 Å². The topological polar surface area (TPSA) is 140 Å². The Labute approximate surface area is 185 Å². The zero-order chi connectivity index (χ0) is 22.7. The number of aryl methyl sites for hydroxylation is 1. The minimum atomic E-state index is -0.495. The SMILES string of the molecule is CC(C)CNC(=O)c1c(NC(=O)c2nc(C3CC3)cnc2Nc2cncnc2)cnn1C. The molecule has 2 amide bonds. The lowest BCUT2D eigenvalue weighted by molar-refractivity contribution is 0.0940. The Hall–Kier alpha value is -3.89. The van der Waals surface area contributed by atoms with Crippen molar-refractivity contribution < 1.29 is 9.59 Å². The van der Waals surface area contributed by atoms with Crippen molar-refractivity contribution in [3.8, 4) is 0 Å². The highest BCUT2D eigenvalue weighted by atomic mass is 16.2. The molecule has 0 aromatic carbocycles. The highest BCUT2D eigenvalue weighted by Gasteiger charge is 2.28. The number of rotatable bonds is 8. The van der Waals surface area contributed by atoms with Gasteiger partial charge in [-0.15, -0.1) is 0 Å². The lowest BCUT2D eigenvalue weighted by Crippen LogP contribution is -2.30. The van der Waals surface area contributed by atoms with E-state index in [1.807, 2.05) is 13.8 Å². The molecule has 1 fully saturated rings. The fraction of sp³-hybridized carbons (Fsp3) is 0.381. The van der Waals surface area contributed by atoms with Crippen molar-refractivity contribution in [1.82, 2.24) is 35.0 Å². The first-order valence-electron chi connectivity index (χ1n) is 10.4. The first-order valence-corrected chi connectivity index (χ1v) is 10.4. The maximum Gasteiger partial charge on any atom is 0.278 e. The van der Waals surface area contributed by atoms with Gasteiger partial charge in [0.05, 0.1) is 41.9 Å². The molecule has 1 aliphatic carbocycles. The van der Waals surface area contributed by atoms with Crippen LogP contribution in [0.15, 0.2) is 31.1 Å². The van der Waals surface area contributed by atoms with Crippen molar-refractivity contribution in [1.29, 1.82) is 0 Å². The van der Waals surface area contributed by atoms with Gasteiger partial charge in [-0.3, -0.25) is 14.3 Å². The van der Waals surface area contributed by atoms with Crippen molar-refractivity contribution in [3.63, 3.8) is 0 Å². The molecule has 1 aliphatic rings. The summed E-state index contributed by atoms with van der Waals surface area (Å²) in [6.45, 7) is 4.52. The number of carbonyl (C=O) groups is 2. The average molecular weight is 435 g/mol. The van der Waals surface area contributed by atoms with Crippen LogP contribution in [0, 0.1) is 5.92 Å². The standard InChI is InChI=1S/C21H25N9O2/c1-12(2)6-25-21(32)18-16(10-26-30(18)3)29-20(31)17-19(27-14-7-22-11-23-8-14)24-9-15(28-17)13-4-5-13/h7-13H,4-6H2,1-3H3,(H,24,27)(H,25,32)(H,29,31). The van der Waals surface area contributed by atoms with E-state index in [1.54, 1.807) is 25.6 Å². The van der Waals surface area contributed by atoms with E-state index in [1.165, 1.54) is 17.2 Å². The van der Waals surface area contributed by atoms with Gasteiger partial charge in [-0.05, 0) is 18.8 Å². The van der Waals surface area contributed by atoms with E-state index in [-0.39, 0.29) is 23.1 Å². The summed E-state index contributed by atoms with van der Waals surface area (Å²) < 4.78 is 1.43. The van der Waals surface area contributed by atoms with Gasteiger partial charge in [0.1, 0.15) is 12.0 Å². The molecule has 11 nitrogen and oxygen atoms in total. The third-order valence-corrected chi connectivity index (χ3v) is 4.90. The van der Waals surface area contributed by atoms with Crippen LogP contribution in [0.4, 0.5) is 17.2 Å². The second kappa shape index (κ2) is 9.08. The molecule has 0 aliphatic heterocycles. The summed E-state index contributed by atoms with van der Waals surface area (Å²) in [5.74, 6) is 0.0773. The van der Waals surface area contributed by atoms with Crippen LogP contribution in [0.25, 0.3) is 0 Å². The summed E-state index contributed by atoms with van der Waals surface area (Å²) in [5, 5.41) is 12.8. The molecule has 166 valence electrons. The second-order valence-corrected chi connectivity index (χ2v) is 8.11. The Morgan fingerprint density at radius 1 is 1.12 bits per heavy atom. The Balaban J connectivity index is 1.60. The minimum Gasteiger partial charge on any atom is -0.350 e. The molecule has 3 aromatic heterocycles. The van der Waals surface area contributed by atoms with Crippen LogP contribution in [0.2, 0.25) is 0 Å². The molecule has 32 heavy (non-hydrogen) atoms. The van der Waals surface area contributed by atoms with Gasteiger partial charge in [0.2, 0.25) is 0 Å². The second-order valence-electron chi connectivity index (χ2n) is 8.11. The molecule has 3 aromatic rings. The largest absolute Gasteiger partial charge is 0.350 e. The van der Waals surface area contributed by atoms with Crippen LogP contribution in [0.5, 0.6) is 0 Å². The molecule has 0 unspecified atom stereocenters. The smallest absolute Gasteiger partial charge is 0.278 e. The highest BCUT2D eigenvalue weighted by Crippen LogP contribution is 2.39. The van der Waals surface area contributed by atoms with Crippen molar-refractivity contribution in [3.05, 3.63) is 48.2 Å². The molecule has 3 N–H and O–H groups in total. The van der Waals surface area contributed by atoms with Crippen LogP contribution in [-0.2, 0) is 7.05 Å². The summed E-state index contributed by atoms with van der Waals surface area (Å²) in [4.78, 5) is 42.8. The average Bonchev–Trinajstić information content (AvgIpc) is 3.56. The molecule has 0 saturated heterocycles. The van der Waals surface area contributed by atoms with Crippen molar-refractivity contribution in [2.24, 2.45) is 13.0 Å². The van der Waals surface area contributed by atoms with E-state index in [9.17, 15) is 9.59 Å². The number of hydrogen-bond donors (Lipinski definition) is 3. The van der Waals surface area contributed by atoms with Crippen LogP contribution in [0.3, 0.4) is 0 Å². The van der Waals surface area contributed by atoms with E-state index in [4.69, 9.17) is 0 Å². The maximum atomic E-state index is 13.2. The quantitative estimate of drug-likeness (QED) is 0.489. The van der Waals surface area contributed by atoms with Crippen molar-refractivity contribution >= 4 is 29.0 Å². The Kier molecular flexibility index (Phi) is 6.06. The van der Waals surface area contributed by atoms with E-state index >= 15 is 0 Å². The van der Waals surface area contributed by atoms with Gasteiger partial charge in [-0.1, -0.05) is 13.8 Å². The third kappa shape index (κ3) is 4.88.